The van der Waals surface area contributed by atoms with E-state index in [0.717, 1.165) is 4.88 Å². The van der Waals surface area contributed by atoms with Gasteiger partial charge in [0.15, 0.2) is 0 Å². The van der Waals surface area contributed by atoms with Crippen LogP contribution in [-0.4, -0.2) is 24.3 Å². The molecule has 0 aliphatic carbocycles. The van der Waals surface area contributed by atoms with Crippen LogP contribution in [0.25, 0.3) is 0 Å². The standard InChI is InChI=1S/C17H18ClN3O3S/c1-10-13(20-11(2)22)4-3-5-14(10)21-17(24)16(23)19-9-8-12-6-7-15(18)25-12/h3-7H,8-9H2,1-2H3,(H,19,23)(H,20,22)(H,21,24). The minimum absolute atomic E-state index is 0.210. The van der Waals surface area contributed by atoms with Crippen molar-refractivity contribution in [3.8, 4) is 0 Å². The molecule has 0 spiro atoms. The van der Waals surface area contributed by atoms with Gasteiger partial charge in [0.25, 0.3) is 0 Å². The number of hydrogen-bond donors (Lipinski definition) is 3. The second-order valence-electron chi connectivity index (χ2n) is 5.33. The number of rotatable bonds is 5. The van der Waals surface area contributed by atoms with Crippen molar-refractivity contribution in [1.82, 2.24) is 5.32 Å². The lowest BCUT2D eigenvalue weighted by Crippen LogP contribution is -2.36. The molecular formula is C17H18ClN3O3S. The minimum Gasteiger partial charge on any atom is -0.347 e. The van der Waals surface area contributed by atoms with Crippen molar-refractivity contribution >= 4 is 52.0 Å². The Labute approximate surface area is 154 Å². The van der Waals surface area contributed by atoms with E-state index in [2.05, 4.69) is 16.0 Å². The first-order valence-corrected chi connectivity index (χ1v) is 8.77. The molecule has 0 radical (unpaired) electrons. The van der Waals surface area contributed by atoms with E-state index < -0.39 is 11.8 Å². The Morgan fingerprint density at radius 1 is 1.04 bits per heavy atom. The molecule has 0 aliphatic heterocycles. The van der Waals surface area contributed by atoms with Crippen LogP contribution in [0.15, 0.2) is 30.3 Å². The second kappa shape index (κ2) is 8.64. The number of halogens is 1. The lowest BCUT2D eigenvalue weighted by molar-refractivity contribution is -0.136. The van der Waals surface area contributed by atoms with Gasteiger partial charge in [0.05, 0.1) is 4.34 Å². The van der Waals surface area contributed by atoms with Crippen LogP contribution in [0.4, 0.5) is 11.4 Å². The third kappa shape index (κ3) is 5.58. The molecule has 2 rings (SSSR count). The fraction of sp³-hybridized carbons (Fsp3) is 0.235. The number of amides is 3. The molecule has 3 amide bonds. The van der Waals surface area contributed by atoms with E-state index in [9.17, 15) is 14.4 Å². The number of benzene rings is 1. The quantitative estimate of drug-likeness (QED) is 0.698. The zero-order valence-electron chi connectivity index (χ0n) is 13.8. The average Bonchev–Trinajstić information content (AvgIpc) is 2.96. The van der Waals surface area contributed by atoms with Gasteiger partial charge in [-0.1, -0.05) is 17.7 Å². The highest BCUT2D eigenvalue weighted by Gasteiger charge is 2.15. The maximum absolute atomic E-state index is 12.0. The number of carbonyl (C=O) groups excluding carboxylic acids is 3. The summed E-state index contributed by atoms with van der Waals surface area (Å²) in [7, 11) is 0. The zero-order chi connectivity index (χ0) is 18.4. The molecule has 1 aromatic heterocycles. The molecule has 6 nitrogen and oxygen atoms in total. The highest BCUT2D eigenvalue weighted by molar-refractivity contribution is 7.16. The monoisotopic (exact) mass is 379 g/mol. The molecule has 1 aromatic carbocycles. The van der Waals surface area contributed by atoms with Gasteiger partial charge in [-0.05, 0) is 43.2 Å². The molecule has 8 heteroatoms. The fourth-order valence-corrected chi connectivity index (χ4v) is 3.23. The Bertz CT molecular complexity index is 804. The number of anilines is 2. The Morgan fingerprint density at radius 3 is 2.32 bits per heavy atom. The second-order valence-corrected chi connectivity index (χ2v) is 7.12. The SMILES string of the molecule is CC(=O)Nc1cccc(NC(=O)C(=O)NCCc2ccc(Cl)s2)c1C. The normalized spacial score (nSPS) is 10.2. The van der Waals surface area contributed by atoms with Gasteiger partial charge in [-0.25, -0.2) is 0 Å². The van der Waals surface area contributed by atoms with Gasteiger partial charge in [-0.3, -0.25) is 14.4 Å². The first-order chi connectivity index (χ1) is 11.9. The van der Waals surface area contributed by atoms with Crippen LogP contribution in [0.1, 0.15) is 17.4 Å². The molecular weight excluding hydrogens is 362 g/mol. The largest absolute Gasteiger partial charge is 0.347 e. The van der Waals surface area contributed by atoms with Crippen LogP contribution in [0.2, 0.25) is 4.34 Å². The maximum Gasteiger partial charge on any atom is 0.313 e. The van der Waals surface area contributed by atoms with Crippen molar-refractivity contribution in [3.63, 3.8) is 0 Å². The summed E-state index contributed by atoms with van der Waals surface area (Å²) in [6, 6.07) is 8.75. The Kier molecular flexibility index (Phi) is 6.55. The van der Waals surface area contributed by atoms with Crippen LogP contribution in [-0.2, 0) is 20.8 Å². The lowest BCUT2D eigenvalue weighted by atomic mass is 10.1. The summed E-state index contributed by atoms with van der Waals surface area (Å²) in [6.07, 6.45) is 0.605. The van der Waals surface area contributed by atoms with Crippen LogP contribution in [0.5, 0.6) is 0 Å². The molecule has 0 bridgehead atoms. The van der Waals surface area contributed by atoms with Crippen molar-refractivity contribution in [3.05, 3.63) is 45.1 Å². The van der Waals surface area contributed by atoms with Gasteiger partial charge in [0, 0.05) is 29.7 Å². The van der Waals surface area contributed by atoms with Crippen molar-refractivity contribution in [2.75, 3.05) is 17.2 Å². The number of hydrogen-bond acceptors (Lipinski definition) is 4. The van der Waals surface area contributed by atoms with E-state index in [1.54, 1.807) is 31.2 Å². The van der Waals surface area contributed by atoms with Crippen molar-refractivity contribution in [2.45, 2.75) is 20.3 Å². The predicted octanol–water partition coefficient (Wildman–Crippen LogP) is 2.97. The lowest BCUT2D eigenvalue weighted by Gasteiger charge is -2.12. The zero-order valence-corrected chi connectivity index (χ0v) is 15.4. The first kappa shape index (κ1) is 19.0. The van der Waals surface area contributed by atoms with E-state index in [-0.39, 0.29) is 5.91 Å². The van der Waals surface area contributed by atoms with Gasteiger partial charge in [0.2, 0.25) is 5.91 Å². The summed E-state index contributed by atoms with van der Waals surface area (Å²) in [5.41, 5.74) is 1.73. The third-order valence-electron chi connectivity index (χ3n) is 3.38. The molecule has 0 saturated carbocycles. The molecule has 2 aromatic rings. The molecule has 0 fully saturated rings. The first-order valence-electron chi connectivity index (χ1n) is 7.57. The number of thiophene rings is 1. The van der Waals surface area contributed by atoms with Crippen LogP contribution in [0, 0.1) is 6.92 Å². The highest BCUT2D eigenvalue weighted by atomic mass is 35.5. The van der Waals surface area contributed by atoms with E-state index in [4.69, 9.17) is 11.6 Å². The van der Waals surface area contributed by atoms with Crippen molar-refractivity contribution in [2.24, 2.45) is 0 Å². The highest BCUT2D eigenvalue weighted by Crippen LogP contribution is 2.23. The number of carbonyl (C=O) groups is 3. The molecule has 1 heterocycles. The number of nitrogens with one attached hydrogen (secondary N) is 3. The fourth-order valence-electron chi connectivity index (χ4n) is 2.14. The van der Waals surface area contributed by atoms with Gasteiger partial charge in [0.1, 0.15) is 0 Å². The van der Waals surface area contributed by atoms with Crippen LogP contribution >= 0.6 is 22.9 Å². The Balaban J connectivity index is 1.90. The van der Waals surface area contributed by atoms with E-state index in [1.165, 1.54) is 18.3 Å². The summed E-state index contributed by atoms with van der Waals surface area (Å²) < 4.78 is 0.689. The van der Waals surface area contributed by atoms with Crippen molar-refractivity contribution < 1.29 is 14.4 Å². The molecule has 0 atom stereocenters. The van der Waals surface area contributed by atoms with E-state index in [1.807, 2.05) is 6.07 Å². The third-order valence-corrected chi connectivity index (χ3v) is 4.68. The van der Waals surface area contributed by atoms with Gasteiger partial charge >= 0.3 is 11.8 Å². The average molecular weight is 380 g/mol. The molecule has 3 N–H and O–H groups in total. The van der Waals surface area contributed by atoms with E-state index >= 15 is 0 Å². The molecule has 0 unspecified atom stereocenters. The van der Waals surface area contributed by atoms with Crippen LogP contribution in [0.3, 0.4) is 0 Å². The smallest absolute Gasteiger partial charge is 0.313 e. The summed E-state index contributed by atoms with van der Waals surface area (Å²) in [6.45, 7) is 3.49. The minimum atomic E-state index is -0.757. The Morgan fingerprint density at radius 2 is 1.72 bits per heavy atom. The van der Waals surface area contributed by atoms with Crippen molar-refractivity contribution in [1.29, 1.82) is 0 Å². The summed E-state index contributed by atoms with van der Waals surface area (Å²) in [5, 5.41) is 7.80. The van der Waals surface area contributed by atoms with Gasteiger partial charge in [-0.2, -0.15) is 0 Å². The predicted molar refractivity (Wildman–Crippen MR) is 100 cm³/mol. The summed E-state index contributed by atoms with van der Waals surface area (Å²) >= 11 is 7.28. The van der Waals surface area contributed by atoms with Gasteiger partial charge in [-0.15, -0.1) is 11.3 Å². The summed E-state index contributed by atoms with van der Waals surface area (Å²) in [4.78, 5) is 36.1. The molecule has 25 heavy (non-hydrogen) atoms. The maximum atomic E-state index is 12.0. The topological polar surface area (TPSA) is 87.3 Å². The Hall–Kier alpha value is -2.38. The molecule has 0 saturated heterocycles. The van der Waals surface area contributed by atoms with Gasteiger partial charge < -0.3 is 16.0 Å². The summed E-state index contributed by atoms with van der Waals surface area (Å²) in [5.74, 6) is -1.68. The molecule has 132 valence electrons. The van der Waals surface area contributed by atoms with E-state index in [0.29, 0.717) is 34.2 Å². The molecule has 0 aliphatic rings. The van der Waals surface area contributed by atoms with Crippen LogP contribution < -0.4 is 16.0 Å².